The summed E-state index contributed by atoms with van der Waals surface area (Å²) in [5, 5.41) is 12.9. The minimum absolute atomic E-state index is 0.0299. The Bertz CT molecular complexity index is 280. The normalized spacial score (nSPS) is 24.7. The molecular formula is C14H28N2O3. The van der Waals surface area contributed by atoms with E-state index in [1.165, 1.54) is 0 Å². The molecule has 1 atom stereocenters. The van der Waals surface area contributed by atoms with Crippen LogP contribution < -0.4 is 5.32 Å². The highest BCUT2D eigenvalue weighted by Gasteiger charge is 2.28. The predicted octanol–water partition coefficient (Wildman–Crippen LogP) is 0.765. The molecule has 112 valence electrons. The zero-order valence-corrected chi connectivity index (χ0v) is 12.4. The van der Waals surface area contributed by atoms with Crippen LogP contribution in [0.15, 0.2) is 0 Å². The first-order valence-electron chi connectivity index (χ1n) is 7.22. The molecule has 0 aromatic carbocycles. The highest BCUT2D eigenvalue weighted by atomic mass is 16.5. The first-order valence-corrected chi connectivity index (χ1v) is 7.22. The number of β-amino-alcohol motifs (C(OH)–C–C–N with tert-alkyl or cyclic N) is 1. The van der Waals surface area contributed by atoms with Gasteiger partial charge < -0.3 is 15.2 Å². The molecule has 0 saturated carbocycles. The van der Waals surface area contributed by atoms with Gasteiger partial charge in [0.15, 0.2) is 0 Å². The number of likely N-dealkylation sites (tertiary alicyclic amines) is 1. The number of rotatable bonds is 7. The van der Waals surface area contributed by atoms with Crippen molar-refractivity contribution in [3.8, 4) is 0 Å². The van der Waals surface area contributed by atoms with Crippen molar-refractivity contribution in [2.45, 2.75) is 51.7 Å². The molecule has 1 unspecified atom stereocenters. The fourth-order valence-corrected chi connectivity index (χ4v) is 2.34. The fraction of sp³-hybridized carbons (Fsp3) is 0.929. The molecule has 0 spiro atoms. The van der Waals surface area contributed by atoms with E-state index in [0.29, 0.717) is 26.2 Å². The second kappa shape index (κ2) is 7.82. The van der Waals surface area contributed by atoms with E-state index in [2.05, 4.69) is 5.32 Å². The smallest absolute Gasteiger partial charge is 0.234 e. The molecule has 2 N–H and O–H groups in total. The van der Waals surface area contributed by atoms with Crippen molar-refractivity contribution in [1.82, 2.24) is 10.2 Å². The van der Waals surface area contributed by atoms with Crippen molar-refractivity contribution in [3.63, 3.8) is 0 Å². The lowest BCUT2D eigenvalue weighted by Crippen LogP contribution is -2.49. The van der Waals surface area contributed by atoms with Crippen LogP contribution in [-0.4, -0.2) is 60.4 Å². The summed E-state index contributed by atoms with van der Waals surface area (Å²) >= 11 is 0. The van der Waals surface area contributed by atoms with Crippen LogP contribution in [0.5, 0.6) is 0 Å². The third kappa shape index (κ3) is 7.50. The van der Waals surface area contributed by atoms with Crippen LogP contribution >= 0.6 is 0 Å². The SMILES string of the molecule is CC(C)OCCCNC(=O)CN1CCCC(C)(O)C1. The van der Waals surface area contributed by atoms with Gasteiger partial charge in [0.2, 0.25) is 5.91 Å². The molecule has 1 aliphatic rings. The Kier molecular flexibility index (Phi) is 6.75. The maximum absolute atomic E-state index is 11.7. The molecule has 1 rings (SSSR count). The Morgan fingerprint density at radius 3 is 2.89 bits per heavy atom. The van der Waals surface area contributed by atoms with E-state index in [1.807, 2.05) is 25.7 Å². The van der Waals surface area contributed by atoms with Crippen molar-refractivity contribution < 1.29 is 14.6 Å². The van der Waals surface area contributed by atoms with Crippen LogP contribution in [0.25, 0.3) is 0 Å². The summed E-state index contributed by atoms with van der Waals surface area (Å²) in [5.74, 6) is 0.0299. The fourth-order valence-electron chi connectivity index (χ4n) is 2.34. The molecule has 1 fully saturated rings. The van der Waals surface area contributed by atoms with Gasteiger partial charge in [0, 0.05) is 19.7 Å². The largest absolute Gasteiger partial charge is 0.389 e. The van der Waals surface area contributed by atoms with Crippen molar-refractivity contribution >= 4 is 5.91 Å². The van der Waals surface area contributed by atoms with E-state index < -0.39 is 5.60 Å². The summed E-state index contributed by atoms with van der Waals surface area (Å²) in [6.07, 6.45) is 2.84. The molecule has 0 aliphatic carbocycles. The number of carbonyl (C=O) groups is 1. The van der Waals surface area contributed by atoms with Crippen LogP contribution in [0, 0.1) is 0 Å². The van der Waals surface area contributed by atoms with E-state index in [-0.39, 0.29) is 12.0 Å². The zero-order chi connectivity index (χ0) is 14.3. The minimum atomic E-state index is -0.649. The van der Waals surface area contributed by atoms with E-state index >= 15 is 0 Å². The molecular weight excluding hydrogens is 244 g/mol. The number of aliphatic hydroxyl groups is 1. The van der Waals surface area contributed by atoms with Crippen molar-refractivity contribution in [1.29, 1.82) is 0 Å². The number of carbonyl (C=O) groups excluding carboxylic acids is 1. The number of hydrogen-bond donors (Lipinski definition) is 2. The number of ether oxygens (including phenoxy) is 1. The van der Waals surface area contributed by atoms with Gasteiger partial charge in [0.05, 0.1) is 18.2 Å². The maximum atomic E-state index is 11.7. The Morgan fingerprint density at radius 2 is 2.26 bits per heavy atom. The van der Waals surface area contributed by atoms with Gasteiger partial charge in [-0.25, -0.2) is 0 Å². The molecule has 19 heavy (non-hydrogen) atoms. The lowest BCUT2D eigenvalue weighted by molar-refractivity contribution is -0.123. The number of nitrogens with one attached hydrogen (secondary N) is 1. The van der Waals surface area contributed by atoms with Gasteiger partial charge in [-0.2, -0.15) is 0 Å². The quantitative estimate of drug-likeness (QED) is 0.672. The summed E-state index contributed by atoms with van der Waals surface area (Å²) in [4.78, 5) is 13.8. The van der Waals surface area contributed by atoms with Gasteiger partial charge in [-0.3, -0.25) is 9.69 Å². The van der Waals surface area contributed by atoms with Crippen LogP contribution in [0.3, 0.4) is 0 Å². The van der Waals surface area contributed by atoms with Gasteiger partial charge in [-0.15, -0.1) is 0 Å². The molecule has 0 aromatic rings. The summed E-state index contributed by atoms with van der Waals surface area (Å²) in [7, 11) is 0. The van der Waals surface area contributed by atoms with Crippen LogP contribution in [0.4, 0.5) is 0 Å². The van der Waals surface area contributed by atoms with Crippen LogP contribution in [0.1, 0.15) is 40.0 Å². The summed E-state index contributed by atoms with van der Waals surface area (Å²) in [5.41, 5.74) is -0.649. The zero-order valence-electron chi connectivity index (χ0n) is 12.4. The third-order valence-electron chi connectivity index (χ3n) is 3.22. The van der Waals surface area contributed by atoms with Gasteiger partial charge in [0.1, 0.15) is 0 Å². The first kappa shape index (κ1) is 16.4. The van der Waals surface area contributed by atoms with Crippen LogP contribution in [0.2, 0.25) is 0 Å². The van der Waals surface area contributed by atoms with Crippen molar-refractivity contribution in [3.05, 3.63) is 0 Å². The van der Waals surface area contributed by atoms with Gasteiger partial charge in [0.25, 0.3) is 0 Å². The summed E-state index contributed by atoms with van der Waals surface area (Å²) < 4.78 is 5.41. The van der Waals surface area contributed by atoms with Gasteiger partial charge in [-0.05, 0) is 46.6 Å². The van der Waals surface area contributed by atoms with Crippen LogP contribution in [-0.2, 0) is 9.53 Å². The van der Waals surface area contributed by atoms with Crippen molar-refractivity contribution in [2.75, 3.05) is 32.8 Å². The van der Waals surface area contributed by atoms with Crippen molar-refractivity contribution in [2.24, 2.45) is 0 Å². The number of piperidine rings is 1. The second-order valence-corrected chi connectivity index (χ2v) is 5.93. The average molecular weight is 272 g/mol. The standard InChI is InChI=1S/C14H28N2O3/c1-12(2)19-9-5-7-15-13(17)10-16-8-4-6-14(3,18)11-16/h12,18H,4-11H2,1-3H3,(H,15,17). The van der Waals surface area contributed by atoms with E-state index in [1.54, 1.807) is 0 Å². The molecule has 1 amide bonds. The Balaban J connectivity index is 2.10. The lowest BCUT2D eigenvalue weighted by Gasteiger charge is -2.36. The topological polar surface area (TPSA) is 61.8 Å². The Hall–Kier alpha value is -0.650. The van der Waals surface area contributed by atoms with E-state index in [9.17, 15) is 9.90 Å². The molecule has 5 heteroatoms. The minimum Gasteiger partial charge on any atom is -0.389 e. The lowest BCUT2D eigenvalue weighted by atomic mass is 9.95. The first-order chi connectivity index (χ1) is 8.89. The maximum Gasteiger partial charge on any atom is 0.234 e. The molecule has 1 heterocycles. The predicted molar refractivity (Wildman–Crippen MR) is 75.0 cm³/mol. The van der Waals surface area contributed by atoms with E-state index in [4.69, 9.17) is 4.74 Å². The van der Waals surface area contributed by atoms with Gasteiger partial charge >= 0.3 is 0 Å². The summed E-state index contributed by atoms with van der Waals surface area (Å²) in [6.45, 7) is 9.01. The van der Waals surface area contributed by atoms with Gasteiger partial charge in [-0.1, -0.05) is 0 Å². The Morgan fingerprint density at radius 1 is 1.53 bits per heavy atom. The molecule has 1 saturated heterocycles. The Labute approximate surface area is 116 Å². The monoisotopic (exact) mass is 272 g/mol. The average Bonchev–Trinajstić information content (AvgIpc) is 2.26. The molecule has 1 aliphatic heterocycles. The highest BCUT2D eigenvalue weighted by Crippen LogP contribution is 2.19. The third-order valence-corrected chi connectivity index (χ3v) is 3.22. The molecule has 5 nitrogen and oxygen atoms in total. The number of amides is 1. The number of nitrogens with zero attached hydrogens (tertiary/aromatic N) is 1. The molecule has 0 bridgehead atoms. The summed E-state index contributed by atoms with van der Waals surface area (Å²) in [6, 6.07) is 0. The highest BCUT2D eigenvalue weighted by molar-refractivity contribution is 5.77. The molecule has 0 aromatic heterocycles. The second-order valence-electron chi connectivity index (χ2n) is 5.93. The number of hydrogen-bond acceptors (Lipinski definition) is 4. The molecule has 0 radical (unpaired) electrons. The van der Waals surface area contributed by atoms with E-state index in [0.717, 1.165) is 25.8 Å².